The van der Waals surface area contributed by atoms with Crippen molar-refractivity contribution in [2.45, 2.75) is 19.3 Å². The Morgan fingerprint density at radius 1 is 0.955 bits per heavy atom. The van der Waals surface area contributed by atoms with Gasteiger partial charge < -0.3 is 5.11 Å². The maximum atomic E-state index is 13.5. The van der Waals surface area contributed by atoms with Crippen molar-refractivity contribution in [2.75, 3.05) is 6.54 Å². The number of benzene rings is 2. The quantitative estimate of drug-likeness (QED) is 0.847. The van der Waals surface area contributed by atoms with Crippen LogP contribution >= 0.6 is 12.4 Å². The van der Waals surface area contributed by atoms with Gasteiger partial charge in [-0.1, -0.05) is 60.7 Å². The van der Waals surface area contributed by atoms with E-state index in [2.05, 4.69) is 0 Å². The smallest absolute Gasteiger partial charge is 0.339 e. The average molecular weight is 324 g/mol. The molecule has 2 rings (SSSR count). The summed E-state index contributed by atoms with van der Waals surface area (Å²) in [4.78, 5) is 12.5. The number of rotatable bonds is 7. The summed E-state index contributed by atoms with van der Waals surface area (Å²) in [5, 5.41) is 8.76. The number of alkyl halides is 1. The van der Waals surface area contributed by atoms with E-state index in [1.54, 1.807) is 0 Å². The van der Waals surface area contributed by atoms with Crippen LogP contribution in [0.1, 0.15) is 11.1 Å². The maximum Gasteiger partial charge on any atom is 0.339 e. The number of hydrogen-bond acceptors (Lipinski definition) is 2. The molecule has 0 aliphatic rings. The van der Waals surface area contributed by atoms with E-state index < -0.39 is 12.1 Å². The lowest BCUT2D eigenvalue weighted by molar-refractivity contribution is -0.143. The molecule has 1 atom stereocenters. The van der Waals surface area contributed by atoms with E-state index in [9.17, 15) is 9.18 Å². The summed E-state index contributed by atoms with van der Waals surface area (Å²) in [6.07, 6.45) is -1.88. The van der Waals surface area contributed by atoms with Crippen molar-refractivity contribution in [1.29, 1.82) is 0 Å². The van der Waals surface area contributed by atoms with Crippen molar-refractivity contribution >= 4 is 18.4 Å². The van der Waals surface area contributed by atoms with Crippen molar-refractivity contribution in [1.82, 2.24) is 4.90 Å². The Labute approximate surface area is 135 Å². The van der Waals surface area contributed by atoms with E-state index in [-0.39, 0.29) is 19.0 Å². The van der Waals surface area contributed by atoms with Crippen LogP contribution in [0.2, 0.25) is 0 Å². The fourth-order valence-corrected chi connectivity index (χ4v) is 2.17. The third-order valence-electron chi connectivity index (χ3n) is 3.18. The normalized spacial score (nSPS) is 11.7. The number of nitrogens with zero attached hydrogens (tertiary/aromatic N) is 1. The zero-order valence-corrected chi connectivity index (χ0v) is 12.9. The van der Waals surface area contributed by atoms with Crippen molar-refractivity contribution in [2.24, 2.45) is 0 Å². The molecule has 0 saturated carbocycles. The summed E-state index contributed by atoms with van der Waals surface area (Å²) in [7, 11) is 0. The van der Waals surface area contributed by atoms with E-state index in [0.717, 1.165) is 11.1 Å². The third-order valence-corrected chi connectivity index (χ3v) is 3.18. The Morgan fingerprint density at radius 2 is 1.36 bits per heavy atom. The standard InChI is InChI=1S/C17H18FNO2.ClH/c18-16(17(20)21)13-19(11-14-7-3-1-4-8-14)12-15-9-5-2-6-10-15;/h1-10,16H,11-13H2,(H,20,21);1H. The van der Waals surface area contributed by atoms with Crippen LogP contribution < -0.4 is 0 Å². The van der Waals surface area contributed by atoms with Crippen LogP contribution in [-0.4, -0.2) is 28.7 Å². The summed E-state index contributed by atoms with van der Waals surface area (Å²) in [6, 6.07) is 19.3. The van der Waals surface area contributed by atoms with Crippen LogP contribution in [0.3, 0.4) is 0 Å². The Balaban J connectivity index is 0.00000242. The van der Waals surface area contributed by atoms with Gasteiger partial charge in [0.1, 0.15) is 0 Å². The molecule has 22 heavy (non-hydrogen) atoms. The first-order valence-electron chi connectivity index (χ1n) is 6.82. The van der Waals surface area contributed by atoms with Crippen molar-refractivity contribution in [3.8, 4) is 0 Å². The highest BCUT2D eigenvalue weighted by Crippen LogP contribution is 2.11. The number of carbonyl (C=O) groups is 1. The Bertz CT molecular complexity index is 524. The molecule has 2 aromatic carbocycles. The number of carboxylic acids is 1. The van der Waals surface area contributed by atoms with Crippen LogP contribution in [0.5, 0.6) is 0 Å². The van der Waals surface area contributed by atoms with Crippen LogP contribution in [0, 0.1) is 0 Å². The predicted molar refractivity (Wildman–Crippen MR) is 86.8 cm³/mol. The van der Waals surface area contributed by atoms with E-state index >= 15 is 0 Å². The molecular formula is C17H19ClFNO2. The second-order valence-corrected chi connectivity index (χ2v) is 4.95. The topological polar surface area (TPSA) is 40.5 Å². The predicted octanol–water partition coefficient (Wildman–Crippen LogP) is 3.53. The second kappa shape index (κ2) is 9.18. The molecule has 3 nitrogen and oxygen atoms in total. The largest absolute Gasteiger partial charge is 0.479 e. The van der Waals surface area contributed by atoms with Gasteiger partial charge in [-0.15, -0.1) is 12.4 Å². The first kappa shape index (κ1) is 18.1. The molecule has 1 N–H and O–H groups in total. The Morgan fingerprint density at radius 3 is 1.73 bits per heavy atom. The molecule has 0 spiro atoms. The highest BCUT2D eigenvalue weighted by atomic mass is 35.5. The van der Waals surface area contributed by atoms with Gasteiger partial charge in [0.2, 0.25) is 6.17 Å². The van der Waals surface area contributed by atoms with Gasteiger partial charge in [0.05, 0.1) is 0 Å². The van der Waals surface area contributed by atoms with Crippen LogP contribution in [0.25, 0.3) is 0 Å². The van der Waals surface area contributed by atoms with Gasteiger partial charge in [-0.05, 0) is 11.1 Å². The minimum Gasteiger partial charge on any atom is -0.479 e. The minimum absolute atomic E-state index is 0. The number of aliphatic carboxylic acids is 1. The van der Waals surface area contributed by atoms with Crippen LogP contribution in [0.15, 0.2) is 60.7 Å². The van der Waals surface area contributed by atoms with Crippen molar-refractivity contribution in [3.05, 3.63) is 71.8 Å². The lowest BCUT2D eigenvalue weighted by Gasteiger charge is -2.23. The summed E-state index contributed by atoms with van der Waals surface area (Å²) < 4.78 is 13.5. The van der Waals surface area contributed by atoms with E-state index in [1.807, 2.05) is 65.6 Å². The minimum atomic E-state index is -1.88. The number of carboxylic acid groups (broad SMARTS) is 1. The lowest BCUT2D eigenvalue weighted by Crippen LogP contribution is -2.33. The zero-order valence-electron chi connectivity index (χ0n) is 12.1. The summed E-state index contributed by atoms with van der Waals surface area (Å²) >= 11 is 0. The highest BCUT2D eigenvalue weighted by Gasteiger charge is 2.20. The molecule has 0 heterocycles. The molecule has 0 saturated heterocycles. The molecular weight excluding hydrogens is 305 g/mol. The molecule has 5 heteroatoms. The van der Waals surface area contributed by atoms with Gasteiger partial charge in [-0.2, -0.15) is 0 Å². The highest BCUT2D eigenvalue weighted by molar-refractivity contribution is 5.85. The maximum absolute atomic E-state index is 13.5. The molecule has 0 aliphatic carbocycles. The first-order valence-corrected chi connectivity index (χ1v) is 6.82. The van der Waals surface area contributed by atoms with Gasteiger partial charge >= 0.3 is 5.97 Å². The van der Waals surface area contributed by atoms with E-state index in [4.69, 9.17) is 5.11 Å². The number of halogens is 2. The van der Waals surface area contributed by atoms with Gasteiger partial charge in [0.15, 0.2) is 0 Å². The van der Waals surface area contributed by atoms with Gasteiger partial charge in [0.25, 0.3) is 0 Å². The average Bonchev–Trinajstić information content (AvgIpc) is 2.49. The van der Waals surface area contributed by atoms with Crippen LogP contribution in [-0.2, 0) is 17.9 Å². The first-order chi connectivity index (χ1) is 10.1. The molecule has 0 aliphatic heterocycles. The molecule has 0 aromatic heterocycles. The monoisotopic (exact) mass is 323 g/mol. The summed E-state index contributed by atoms with van der Waals surface area (Å²) in [5.74, 6) is -1.42. The summed E-state index contributed by atoms with van der Waals surface area (Å²) in [6.45, 7) is 0.909. The van der Waals surface area contributed by atoms with Gasteiger partial charge in [-0.3, -0.25) is 4.90 Å². The van der Waals surface area contributed by atoms with Crippen LogP contribution in [0.4, 0.5) is 4.39 Å². The van der Waals surface area contributed by atoms with E-state index in [1.165, 1.54) is 0 Å². The van der Waals surface area contributed by atoms with Gasteiger partial charge in [-0.25, -0.2) is 9.18 Å². The fraction of sp³-hybridized carbons (Fsp3) is 0.235. The summed E-state index contributed by atoms with van der Waals surface area (Å²) in [5.41, 5.74) is 2.07. The van der Waals surface area contributed by atoms with Gasteiger partial charge in [0, 0.05) is 19.6 Å². The lowest BCUT2D eigenvalue weighted by atomic mass is 10.1. The second-order valence-electron chi connectivity index (χ2n) is 4.95. The molecule has 1 unspecified atom stereocenters. The molecule has 0 radical (unpaired) electrons. The molecule has 0 fully saturated rings. The SMILES string of the molecule is Cl.O=C(O)C(F)CN(Cc1ccccc1)Cc1ccccc1. The zero-order chi connectivity index (χ0) is 15.1. The van der Waals surface area contributed by atoms with E-state index in [0.29, 0.717) is 13.1 Å². The molecule has 0 amide bonds. The van der Waals surface area contributed by atoms with Crippen molar-refractivity contribution < 1.29 is 14.3 Å². The molecule has 2 aromatic rings. The number of hydrogen-bond donors (Lipinski definition) is 1. The Kier molecular flexibility index (Phi) is 7.57. The molecule has 0 bridgehead atoms. The van der Waals surface area contributed by atoms with Crippen molar-refractivity contribution in [3.63, 3.8) is 0 Å². The Hall–Kier alpha value is -1.91. The fourth-order valence-electron chi connectivity index (χ4n) is 2.17. The molecule has 118 valence electrons. The third kappa shape index (κ3) is 5.84.